The van der Waals surface area contributed by atoms with Crippen molar-refractivity contribution in [2.75, 3.05) is 26.3 Å². The zero-order valence-electron chi connectivity index (χ0n) is 7.01. The van der Waals surface area contributed by atoms with E-state index < -0.39 is 0 Å². The van der Waals surface area contributed by atoms with Crippen LogP contribution in [0.25, 0.3) is 0 Å². The quantitative estimate of drug-likeness (QED) is 0.610. The minimum absolute atomic E-state index is 0.898. The molecule has 2 aliphatic rings. The number of nitrogens with one attached hydrogen (secondary N) is 1. The van der Waals surface area contributed by atoms with Crippen molar-refractivity contribution in [2.24, 2.45) is 11.8 Å². The zero-order chi connectivity index (χ0) is 7.52. The molecule has 0 spiro atoms. The molecule has 0 saturated carbocycles. The van der Waals surface area contributed by atoms with Crippen LogP contribution < -0.4 is 5.32 Å². The van der Waals surface area contributed by atoms with Gasteiger partial charge in [0.05, 0.1) is 13.2 Å². The first-order valence-electron chi connectivity index (χ1n) is 4.75. The second kappa shape index (κ2) is 3.55. The Morgan fingerprint density at radius 1 is 1.00 bits per heavy atom. The van der Waals surface area contributed by atoms with Crippen LogP contribution in [0.3, 0.4) is 0 Å². The maximum atomic E-state index is 5.21. The Hall–Kier alpha value is -0.0800. The fraction of sp³-hybridized carbons (Fsp3) is 1.00. The summed E-state index contributed by atoms with van der Waals surface area (Å²) in [7, 11) is 0. The highest BCUT2D eigenvalue weighted by atomic mass is 16.5. The van der Waals surface area contributed by atoms with E-state index in [9.17, 15) is 0 Å². The van der Waals surface area contributed by atoms with Crippen molar-refractivity contribution in [1.29, 1.82) is 0 Å². The van der Waals surface area contributed by atoms with Crippen LogP contribution >= 0.6 is 0 Å². The van der Waals surface area contributed by atoms with Crippen molar-refractivity contribution in [2.45, 2.75) is 19.3 Å². The normalized spacial score (nSPS) is 34.4. The summed E-state index contributed by atoms with van der Waals surface area (Å²) >= 11 is 0. The van der Waals surface area contributed by atoms with Gasteiger partial charge in [0.15, 0.2) is 0 Å². The second-order valence-electron chi connectivity index (χ2n) is 3.74. The van der Waals surface area contributed by atoms with Crippen molar-refractivity contribution in [3.8, 4) is 0 Å². The van der Waals surface area contributed by atoms with E-state index in [1.54, 1.807) is 0 Å². The summed E-state index contributed by atoms with van der Waals surface area (Å²) < 4.78 is 5.21. The Morgan fingerprint density at radius 2 is 1.91 bits per heavy atom. The van der Waals surface area contributed by atoms with E-state index in [1.807, 2.05) is 0 Å². The van der Waals surface area contributed by atoms with Gasteiger partial charge in [0.2, 0.25) is 0 Å². The zero-order valence-corrected chi connectivity index (χ0v) is 7.01. The lowest BCUT2D eigenvalue weighted by atomic mass is 9.85. The van der Waals surface area contributed by atoms with E-state index in [0.717, 1.165) is 25.0 Å². The first-order chi connectivity index (χ1) is 5.47. The Labute approximate surface area is 68.3 Å². The van der Waals surface area contributed by atoms with E-state index in [0.29, 0.717) is 0 Å². The molecular weight excluding hydrogens is 138 g/mol. The number of hydrogen-bond acceptors (Lipinski definition) is 2. The van der Waals surface area contributed by atoms with Crippen LogP contribution in [-0.2, 0) is 4.74 Å². The van der Waals surface area contributed by atoms with Crippen molar-refractivity contribution in [1.82, 2.24) is 5.32 Å². The van der Waals surface area contributed by atoms with Crippen LogP contribution in [0.2, 0.25) is 0 Å². The van der Waals surface area contributed by atoms with Gasteiger partial charge in [-0.15, -0.1) is 0 Å². The SMILES string of the molecule is C1CNCCC(C2COC2)C1. The van der Waals surface area contributed by atoms with Crippen LogP contribution in [0.1, 0.15) is 19.3 Å². The smallest absolute Gasteiger partial charge is 0.0519 e. The molecule has 2 saturated heterocycles. The van der Waals surface area contributed by atoms with Crippen molar-refractivity contribution in [3.63, 3.8) is 0 Å². The van der Waals surface area contributed by atoms with Crippen molar-refractivity contribution >= 4 is 0 Å². The lowest BCUT2D eigenvalue weighted by Crippen LogP contribution is -2.34. The maximum absolute atomic E-state index is 5.21. The molecular formula is C9H17NO. The van der Waals surface area contributed by atoms with Gasteiger partial charge in [-0.25, -0.2) is 0 Å². The van der Waals surface area contributed by atoms with E-state index in [-0.39, 0.29) is 0 Å². The van der Waals surface area contributed by atoms with Crippen molar-refractivity contribution < 1.29 is 4.74 Å². The summed E-state index contributed by atoms with van der Waals surface area (Å²) in [6.07, 6.45) is 4.15. The van der Waals surface area contributed by atoms with E-state index in [4.69, 9.17) is 4.74 Å². The molecule has 2 heteroatoms. The van der Waals surface area contributed by atoms with Crippen LogP contribution in [-0.4, -0.2) is 26.3 Å². The monoisotopic (exact) mass is 155 g/mol. The minimum Gasteiger partial charge on any atom is -0.381 e. The van der Waals surface area contributed by atoms with Gasteiger partial charge in [0, 0.05) is 5.92 Å². The number of hydrogen-bond donors (Lipinski definition) is 1. The average Bonchev–Trinajstić information content (AvgIpc) is 2.12. The third-order valence-corrected chi connectivity index (χ3v) is 2.95. The Morgan fingerprint density at radius 3 is 2.64 bits per heavy atom. The van der Waals surface area contributed by atoms with Crippen molar-refractivity contribution in [3.05, 3.63) is 0 Å². The first kappa shape index (κ1) is 7.56. The molecule has 2 nitrogen and oxygen atoms in total. The van der Waals surface area contributed by atoms with Crippen LogP contribution in [0.4, 0.5) is 0 Å². The Bertz CT molecular complexity index is 115. The van der Waals surface area contributed by atoms with Gasteiger partial charge in [0.1, 0.15) is 0 Å². The third kappa shape index (κ3) is 1.74. The molecule has 0 radical (unpaired) electrons. The number of rotatable bonds is 1. The predicted octanol–water partition coefficient (Wildman–Crippen LogP) is 1.02. The number of ether oxygens (including phenoxy) is 1. The molecule has 1 unspecified atom stereocenters. The average molecular weight is 155 g/mol. The lowest BCUT2D eigenvalue weighted by molar-refractivity contribution is -0.0628. The summed E-state index contributed by atoms with van der Waals surface area (Å²) in [6, 6.07) is 0. The third-order valence-electron chi connectivity index (χ3n) is 2.95. The highest BCUT2D eigenvalue weighted by Crippen LogP contribution is 2.28. The molecule has 2 aliphatic heterocycles. The summed E-state index contributed by atoms with van der Waals surface area (Å²) in [4.78, 5) is 0. The molecule has 0 bridgehead atoms. The Kier molecular flexibility index (Phi) is 2.44. The predicted molar refractivity (Wildman–Crippen MR) is 44.5 cm³/mol. The summed E-state index contributed by atoms with van der Waals surface area (Å²) in [6.45, 7) is 4.51. The fourth-order valence-corrected chi connectivity index (χ4v) is 2.04. The van der Waals surface area contributed by atoms with Crippen LogP contribution in [0.15, 0.2) is 0 Å². The molecule has 1 N–H and O–H groups in total. The molecule has 11 heavy (non-hydrogen) atoms. The summed E-state index contributed by atoms with van der Waals surface area (Å²) in [5.41, 5.74) is 0. The van der Waals surface area contributed by atoms with Crippen LogP contribution in [0.5, 0.6) is 0 Å². The molecule has 0 aromatic rings. The lowest BCUT2D eigenvalue weighted by Gasteiger charge is -2.33. The maximum Gasteiger partial charge on any atom is 0.0519 e. The topological polar surface area (TPSA) is 21.3 Å². The fourth-order valence-electron chi connectivity index (χ4n) is 2.04. The molecule has 0 aromatic carbocycles. The van der Waals surface area contributed by atoms with Gasteiger partial charge in [-0.1, -0.05) is 0 Å². The van der Waals surface area contributed by atoms with E-state index in [2.05, 4.69) is 5.32 Å². The van der Waals surface area contributed by atoms with Gasteiger partial charge in [0.25, 0.3) is 0 Å². The Balaban J connectivity index is 1.80. The first-order valence-corrected chi connectivity index (χ1v) is 4.75. The van der Waals surface area contributed by atoms with Crippen LogP contribution in [0, 0.1) is 11.8 Å². The molecule has 2 fully saturated rings. The van der Waals surface area contributed by atoms with Gasteiger partial charge in [-0.3, -0.25) is 0 Å². The van der Waals surface area contributed by atoms with E-state index in [1.165, 1.54) is 32.4 Å². The minimum atomic E-state index is 0.898. The largest absolute Gasteiger partial charge is 0.381 e. The molecule has 0 aromatic heterocycles. The van der Waals surface area contributed by atoms with Gasteiger partial charge < -0.3 is 10.1 Å². The summed E-state index contributed by atoms with van der Waals surface area (Å²) in [5.74, 6) is 1.86. The molecule has 1 atom stereocenters. The molecule has 2 rings (SSSR count). The highest BCUT2D eigenvalue weighted by Gasteiger charge is 2.28. The summed E-state index contributed by atoms with van der Waals surface area (Å²) in [5, 5.41) is 3.44. The second-order valence-corrected chi connectivity index (χ2v) is 3.74. The standard InChI is InChI=1S/C9H17NO/c1-2-8(3-5-10-4-1)9-6-11-7-9/h8-10H,1-7H2. The van der Waals surface area contributed by atoms with Gasteiger partial charge in [-0.2, -0.15) is 0 Å². The molecule has 2 heterocycles. The van der Waals surface area contributed by atoms with E-state index >= 15 is 0 Å². The van der Waals surface area contributed by atoms with Gasteiger partial charge >= 0.3 is 0 Å². The molecule has 64 valence electrons. The van der Waals surface area contributed by atoms with Gasteiger partial charge in [-0.05, 0) is 38.3 Å². The molecule has 0 aliphatic carbocycles. The highest BCUT2D eigenvalue weighted by molar-refractivity contribution is 4.77. The molecule has 0 amide bonds.